The molecule has 0 unspecified atom stereocenters. The van der Waals surface area contributed by atoms with Crippen molar-refractivity contribution in [3.8, 4) is 69.6 Å². The van der Waals surface area contributed by atoms with Crippen molar-refractivity contribution in [3.05, 3.63) is 123 Å². The van der Waals surface area contributed by atoms with Gasteiger partial charge >= 0.3 is 18.0 Å². The average Bonchev–Trinajstić information content (AvgIpc) is 3.98. The molecule has 312 valence electrons. The number of halogens is 3. The van der Waals surface area contributed by atoms with Gasteiger partial charge in [0.1, 0.15) is 84.7 Å². The third kappa shape index (κ3) is 7.62. The molecule has 0 saturated carbocycles. The van der Waals surface area contributed by atoms with Crippen LogP contribution < -0.4 is 14.2 Å². The lowest BCUT2D eigenvalue weighted by molar-refractivity contribution is 0.356. The summed E-state index contributed by atoms with van der Waals surface area (Å²) in [6, 6.07) is 23.3. The first kappa shape index (κ1) is 39.3. The number of nitrogens with zero attached hydrogens (tertiary/aromatic N) is 12. The quantitative estimate of drug-likeness (QED) is 0.123. The van der Waals surface area contributed by atoms with Crippen LogP contribution in [0.25, 0.3) is 50.2 Å². The molecular formula is C42H27Cl3N12O6. The number of aryl methyl sites for hydroxylation is 3. The summed E-state index contributed by atoms with van der Waals surface area (Å²) in [5, 5.41) is 61.7. The highest BCUT2D eigenvalue weighted by atomic mass is 35.5. The van der Waals surface area contributed by atoms with Crippen molar-refractivity contribution in [3.63, 3.8) is 0 Å². The maximum absolute atomic E-state index is 11.2. The zero-order chi connectivity index (χ0) is 43.7. The Hall–Kier alpha value is -7.80. The molecule has 21 heteroatoms. The second-order valence-corrected chi connectivity index (χ2v) is 15.5. The van der Waals surface area contributed by atoms with Gasteiger partial charge in [0.2, 0.25) is 0 Å². The summed E-state index contributed by atoms with van der Waals surface area (Å²) in [7, 11) is 0. The summed E-state index contributed by atoms with van der Waals surface area (Å²) in [5.41, 5.74) is 5.81. The van der Waals surface area contributed by atoms with E-state index in [2.05, 4.69) is 45.5 Å². The van der Waals surface area contributed by atoms with Gasteiger partial charge in [0.15, 0.2) is 0 Å². The minimum atomic E-state index is -0.294. The van der Waals surface area contributed by atoms with Crippen LogP contribution in [0.4, 0.5) is 0 Å². The Balaban J connectivity index is 0.997. The van der Waals surface area contributed by atoms with Crippen molar-refractivity contribution in [2.45, 2.75) is 20.8 Å². The molecule has 0 fully saturated rings. The largest absolute Gasteiger partial charge is 0.505 e. The molecule has 0 spiro atoms. The van der Waals surface area contributed by atoms with Crippen molar-refractivity contribution in [1.29, 1.82) is 0 Å². The zero-order valence-corrected chi connectivity index (χ0v) is 35.0. The topological polar surface area (TPSA) is 219 Å². The predicted molar refractivity (Wildman–Crippen MR) is 231 cm³/mol. The Labute approximate surface area is 369 Å². The fourth-order valence-electron chi connectivity index (χ4n) is 6.54. The highest BCUT2D eigenvalue weighted by Crippen LogP contribution is 2.38. The van der Waals surface area contributed by atoms with E-state index >= 15 is 0 Å². The van der Waals surface area contributed by atoms with Gasteiger partial charge in [-0.1, -0.05) is 34.8 Å². The molecule has 10 aromatic rings. The molecule has 3 N–H and O–H groups in total. The Morgan fingerprint density at radius 3 is 0.937 bits per heavy atom. The number of phenolic OH excluding ortho intramolecular Hbond substituents is 3. The van der Waals surface area contributed by atoms with Gasteiger partial charge < -0.3 is 29.5 Å². The van der Waals surface area contributed by atoms with Crippen LogP contribution in [0.1, 0.15) is 16.7 Å². The average molecular weight is 902 g/mol. The number of fused-ring (bicyclic) bond motifs is 3. The van der Waals surface area contributed by atoms with Crippen molar-refractivity contribution in [2.24, 2.45) is 0 Å². The summed E-state index contributed by atoms with van der Waals surface area (Å²) in [6.07, 6.45) is 0. The lowest BCUT2D eigenvalue weighted by Crippen LogP contribution is -2.05. The van der Waals surface area contributed by atoms with Gasteiger partial charge in [-0.05, 0) is 110 Å². The maximum Gasteiger partial charge on any atom is 0.331 e. The van der Waals surface area contributed by atoms with Gasteiger partial charge in [-0.3, -0.25) is 0 Å². The van der Waals surface area contributed by atoms with Crippen molar-refractivity contribution in [2.75, 3.05) is 0 Å². The molecule has 0 bridgehead atoms. The van der Waals surface area contributed by atoms with Crippen LogP contribution in [0, 0.1) is 20.8 Å². The van der Waals surface area contributed by atoms with Crippen LogP contribution >= 0.6 is 34.8 Å². The number of hydrogen-bond donors (Lipinski definition) is 3. The van der Waals surface area contributed by atoms with Crippen LogP contribution in [-0.2, 0) is 0 Å². The molecule has 63 heavy (non-hydrogen) atoms. The van der Waals surface area contributed by atoms with E-state index in [0.29, 0.717) is 64.9 Å². The number of benzene rings is 6. The predicted octanol–water partition coefficient (Wildman–Crippen LogP) is 9.45. The standard InChI is InChI=1S/C42H27Cl3N12O6/c1-19-10-31(55-49-25-7-4-22(43)13-28(25)52-55)34(58)16-37(19)61-40-46-41(62-38-17-35(59)32(11-20(38)2)56-50-26-8-5-23(44)14-29(26)53-56)48-42(47-40)63-39-18-36(60)33(12-21(39)3)57-51-27-9-6-24(45)15-30(27)54-57/h4-18,58-60H,1-3H3. The normalized spacial score (nSPS) is 11.5. The number of aromatic nitrogens is 12. The minimum absolute atomic E-state index is 0.163. The molecule has 4 heterocycles. The highest BCUT2D eigenvalue weighted by Gasteiger charge is 2.21. The van der Waals surface area contributed by atoms with Gasteiger partial charge in [-0.2, -0.15) is 0 Å². The maximum atomic E-state index is 11.2. The zero-order valence-electron chi connectivity index (χ0n) is 32.7. The number of aromatic hydroxyl groups is 3. The Morgan fingerprint density at radius 2 is 0.651 bits per heavy atom. The highest BCUT2D eigenvalue weighted by molar-refractivity contribution is 6.31. The first-order valence-corrected chi connectivity index (χ1v) is 19.8. The van der Waals surface area contributed by atoms with Gasteiger partial charge in [0.05, 0.1) is 0 Å². The third-order valence-electron chi connectivity index (χ3n) is 9.67. The molecule has 0 atom stereocenters. The molecule has 0 saturated heterocycles. The molecule has 0 aliphatic heterocycles. The SMILES string of the molecule is Cc1cc(-n2nc3ccc(Cl)cc3n2)c(O)cc1Oc1nc(Oc2cc(O)c(-n3nc4ccc(Cl)cc4n3)cc2C)nc(Oc2cc(O)c(-n3nc4ccc(Cl)cc4n3)cc2C)n1. The van der Waals surface area contributed by atoms with Gasteiger partial charge in [-0.25, -0.2) is 0 Å². The molecular weight excluding hydrogens is 875 g/mol. The number of rotatable bonds is 9. The van der Waals surface area contributed by atoms with Gasteiger partial charge in [0, 0.05) is 33.3 Å². The van der Waals surface area contributed by atoms with E-state index in [0.717, 1.165) is 0 Å². The molecule has 0 aliphatic carbocycles. The molecule has 4 aromatic heterocycles. The number of ether oxygens (including phenoxy) is 3. The smallest absolute Gasteiger partial charge is 0.331 e. The van der Waals surface area contributed by atoms with Crippen molar-refractivity contribution in [1.82, 2.24) is 59.9 Å². The number of hydrogen-bond acceptors (Lipinski definition) is 15. The number of phenols is 3. The van der Waals surface area contributed by atoms with Crippen molar-refractivity contribution < 1.29 is 29.5 Å². The van der Waals surface area contributed by atoms with E-state index in [1.54, 1.807) is 93.6 Å². The summed E-state index contributed by atoms with van der Waals surface area (Å²) in [6.45, 7) is 5.23. The molecule has 0 radical (unpaired) electrons. The van der Waals surface area contributed by atoms with E-state index in [1.807, 2.05) is 0 Å². The van der Waals surface area contributed by atoms with E-state index in [4.69, 9.17) is 49.0 Å². The van der Waals surface area contributed by atoms with Crippen LogP contribution in [0.15, 0.2) is 91.0 Å². The molecule has 18 nitrogen and oxygen atoms in total. The first-order valence-electron chi connectivity index (χ1n) is 18.7. The molecule has 10 rings (SSSR count). The van der Waals surface area contributed by atoms with Crippen LogP contribution in [0.3, 0.4) is 0 Å². The first-order chi connectivity index (χ1) is 30.3. The molecule has 0 amide bonds. The van der Waals surface area contributed by atoms with E-state index in [-0.39, 0.29) is 69.6 Å². The fraction of sp³-hybridized carbons (Fsp3) is 0.0714. The summed E-state index contributed by atoms with van der Waals surface area (Å²) in [4.78, 5) is 17.0. The van der Waals surface area contributed by atoms with Crippen LogP contribution in [0.2, 0.25) is 15.1 Å². The Bertz CT molecular complexity index is 3110. The van der Waals surface area contributed by atoms with Crippen molar-refractivity contribution >= 4 is 67.9 Å². The second-order valence-electron chi connectivity index (χ2n) is 14.2. The summed E-state index contributed by atoms with van der Waals surface area (Å²) < 4.78 is 18.4. The van der Waals surface area contributed by atoms with Gasteiger partial charge in [-0.15, -0.1) is 59.9 Å². The lowest BCUT2D eigenvalue weighted by Gasteiger charge is -2.14. The molecule has 6 aromatic carbocycles. The Kier molecular flexibility index (Phi) is 9.54. The minimum Gasteiger partial charge on any atom is -0.505 e. The Morgan fingerprint density at radius 1 is 0.381 bits per heavy atom. The van der Waals surface area contributed by atoms with Crippen LogP contribution in [-0.4, -0.2) is 75.3 Å². The summed E-state index contributed by atoms with van der Waals surface area (Å²) in [5.74, 6) is -0.158. The van der Waals surface area contributed by atoms with E-state index in [1.165, 1.54) is 32.6 Å². The fourth-order valence-corrected chi connectivity index (χ4v) is 7.03. The monoisotopic (exact) mass is 900 g/mol. The van der Waals surface area contributed by atoms with E-state index in [9.17, 15) is 15.3 Å². The molecule has 0 aliphatic rings. The second kappa shape index (κ2) is 15.3. The lowest BCUT2D eigenvalue weighted by atomic mass is 10.2. The van der Waals surface area contributed by atoms with Gasteiger partial charge in [0.25, 0.3) is 0 Å². The summed E-state index contributed by atoms with van der Waals surface area (Å²) >= 11 is 18.4. The van der Waals surface area contributed by atoms with Crippen LogP contribution in [0.5, 0.6) is 52.5 Å². The third-order valence-corrected chi connectivity index (χ3v) is 10.4. The van der Waals surface area contributed by atoms with E-state index < -0.39 is 0 Å².